The number of carbonyl (C=O) groups is 6. The van der Waals surface area contributed by atoms with E-state index in [-0.39, 0.29) is 55.5 Å². The second-order valence-electron chi connectivity index (χ2n) is 11.2. The summed E-state index contributed by atoms with van der Waals surface area (Å²) in [4.78, 5) is 74.7. The zero-order valence-electron chi connectivity index (χ0n) is 25.0. The first-order valence-electron chi connectivity index (χ1n) is 14.7. The van der Waals surface area contributed by atoms with E-state index in [0.717, 1.165) is 30.7 Å². The van der Waals surface area contributed by atoms with Gasteiger partial charge in [0.2, 0.25) is 23.5 Å². The van der Waals surface area contributed by atoms with Crippen LogP contribution in [0.3, 0.4) is 0 Å². The smallest absolute Gasteiger partial charge is 0.315 e. The minimum atomic E-state index is -1.41. The number of hydrogen-bond acceptors (Lipinski definition) is 7. The van der Waals surface area contributed by atoms with Gasteiger partial charge in [-0.15, -0.1) is 0 Å². The molecule has 5 atom stereocenters. The first-order chi connectivity index (χ1) is 20.9. The highest BCUT2D eigenvalue weighted by Crippen LogP contribution is 2.33. The second-order valence-corrected chi connectivity index (χ2v) is 12.4. The molecule has 3 rings (SSSR count). The second kappa shape index (κ2) is 16.4. The lowest BCUT2D eigenvalue weighted by Gasteiger charge is -2.25. The maximum absolute atomic E-state index is 13.8. The van der Waals surface area contributed by atoms with Crippen molar-refractivity contribution in [2.24, 2.45) is 5.92 Å². The summed E-state index contributed by atoms with van der Waals surface area (Å²) in [6.45, 7) is 4.72. The van der Waals surface area contributed by atoms with Gasteiger partial charge in [-0.1, -0.05) is 26.3 Å². The van der Waals surface area contributed by atoms with Gasteiger partial charge < -0.3 is 31.9 Å². The van der Waals surface area contributed by atoms with E-state index in [4.69, 9.17) is 0 Å². The molecule has 2 aliphatic heterocycles. The number of hydrogen-bond donors (Lipinski definition) is 6. The number of urea groups is 1. The number of likely N-dealkylation sites (N-methyl/N-ethyl adjacent to an activating group) is 1. The van der Waals surface area contributed by atoms with Crippen molar-refractivity contribution in [1.29, 1.82) is 0 Å². The summed E-state index contributed by atoms with van der Waals surface area (Å²) in [5.41, 5.74) is 0.174. The molecule has 1 aromatic carbocycles. The molecule has 0 saturated carbocycles. The molecular weight excluding hydrogens is 598 g/mol. The molecule has 2 saturated heterocycles. The Kier molecular flexibility index (Phi) is 12.9. The molecule has 242 valence electrons. The summed E-state index contributed by atoms with van der Waals surface area (Å²) in [7, 11) is 0. The van der Waals surface area contributed by atoms with Crippen molar-refractivity contribution in [2.75, 3.05) is 18.8 Å². The van der Waals surface area contributed by atoms with Crippen LogP contribution >= 0.6 is 11.8 Å². The standard InChI is InChI=1S/C29H40F2N6O6S/c1-4-32-28(42)26(40)19(12-16-9-10-17(30)18(31)11-16)34-27(41)24(15(2)3)36-23(39)13-33-22(38)8-6-5-7-21-25-20(14-44-21)35-29(43)37-25/h9-11,15,19-21,24-25H,4-8,12-14H2,1-3H3,(H,32,42)(H,33,38)(H,34,41)(H,36,39)(H2,35,37,43)/t19-,20-,21?,24-,25-/m0/s1. The number of amides is 6. The van der Waals surface area contributed by atoms with Crippen LogP contribution in [0.4, 0.5) is 13.6 Å². The van der Waals surface area contributed by atoms with E-state index in [2.05, 4.69) is 31.9 Å². The van der Waals surface area contributed by atoms with Crippen LogP contribution in [0.1, 0.15) is 52.0 Å². The Morgan fingerprint density at radius 3 is 2.43 bits per heavy atom. The van der Waals surface area contributed by atoms with Crippen molar-refractivity contribution >= 4 is 47.2 Å². The summed E-state index contributed by atoms with van der Waals surface area (Å²) >= 11 is 1.80. The molecular formula is C29H40F2N6O6S. The van der Waals surface area contributed by atoms with E-state index in [1.165, 1.54) is 6.07 Å². The number of ketones is 1. The van der Waals surface area contributed by atoms with E-state index in [1.807, 2.05) is 0 Å². The molecule has 0 aliphatic carbocycles. The summed E-state index contributed by atoms with van der Waals surface area (Å²) < 4.78 is 27.2. The first-order valence-corrected chi connectivity index (χ1v) is 15.8. The summed E-state index contributed by atoms with van der Waals surface area (Å²) in [6, 6.07) is 0.560. The van der Waals surface area contributed by atoms with Crippen LogP contribution in [-0.2, 0) is 30.4 Å². The van der Waals surface area contributed by atoms with Gasteiger partial charge in [-0.25, -0.2) is 13.6 Å². The van der Waals surface area contributed by atoms with Crippen molar-refractivity contribution in [3.63, 3.8) is 0 Å². The minimum Gasteiger partial charge on any atom is -0.350 e. The lowest BCUT2D eigenvalue weighted by atomic mass is 9.99. The number of thioether (sulfide) groups is 1. The molecule has 12 nitrogen and oxygen atoms in total. The SMILES string of the molecule is CCNC(=O)C(=O)[C@H](Cc1ccc(F)c(F)c1)NC(=O)[C@@H](NC(=O)CNC(=O)CCCCC1SC[C@@H]2NC(=O)N[C@H]12)C(C)C. The van der Waals surface area contributed by atoms with E-state index < -0.39 is 53.1 Å². The van der Waals surface area contributed by atoms with Crippen LogP contribution < -0.4 is 31.9 Å². The lowest BCUT2D eigenvalue weighted by molar-refractivity contribution is -0.140. The number of unbranched alkanes of at least 4 members (excludes halogenated alkanes) is 1. The maximum atomic E-state index is 13.8. The largest absolute Gasteiger partial charge is 0.350 e. The Labute approximate surface area is 259 Å². The zero-order chi connectivity index (χ0) is 32.4. The topological polar surface area (TPSA) is 175 Å². The third-order valence-corrected chi connectivity index (χ3v) is 8.92. The van der Waals surface area contributed by atoms with Crippen LogP contribution in [0.5, 0.6) is 0 Å². The molecule has 15 heteroatoms. The summed E-state index contributed by atoms with van der Waals surface area (Å²) in [6.07, 6.45) is 2.17. The molecule has 2 heterocycles. The van der Waals surface area contributed by atoms with E-state index in [0.29, 0.717) is 11.7 Å². The highest BCUT2D eigenvalue weighted by molar-refractivity contribution is 8.00. The van der Waals surface area contributed by atoms with Crippen LogP contribution in [0.25, 0.3) is 0 Å². The Morgan fingerprint density at radius 1 is 1.00 bits per heavy atom. The molecule has 2 aliphatic rings. The zero-order valence-corrected chi connectivity index (χ0v) is 25.8. The van der Waals surface area contributed by atoms with Gasteiger partial charge in [-0.3, -0.25) is 24.0 Å². The number of halogens is 2. The normalized spacial score (nSPS) is 20.1. The number of rotatable bonds is 16. The molecule has 0 radical (unpaired) electrons. The van der Waals surface area contributed by atoms with Gasteiger partial charge in [0.15, 0.2) is 11.6 Å². The number of Topliss-reactive ketones (excluding diaryl/α,β-unsaturated/α-hetero) is 1. The van der Waals surface area contributed by atoms with Gasteiger partial charge in [0.1, 0.15) is 12.1 Å². The maximum Gasteiger partial charge on any atom is 0.315 e. The Bertz CT molecular complexity index is 1250. The summed E-state index contributed by atoms with van der Waals surface area (Å²) in [5.74, 6) is -5.46. The van der Waals surface area contributed by atoms with Crippen molar-refractivity contribution in [1.82, 2.24) is 31.9 Å². The van der Waals surface area contributed by atoms with Crippen LogP contribution in [0, 0.1) is 17.6 Å². The third-order valence-electron chi connectivity index (χ3n) is 7.41. The van der Waals surface area contributed by atoms with Crippen LogP contribution in [0.2, 0.25) is 0 Å². The quantitative estimate of drug-likeness (QED) is 0.0877. The predicted octanol–water partition coefficient (Wildman–Crippen LogP) is 0.680. The molecule has 2 fully saturated rings. The van der Waals surface area contributed by atoms with Gasteiger partial charge in [0, 0.05) is 30.4 Å². The highest BCUT2D eigenvalue weighted by atomic mass is 32.2. The number of benzene rings is 1. The Morgan fingerprint density at radius 2 is 1.75 bits per heavy atom. The first kappa shape index (κ1) is 34.7. The van der Waals surface area contributed by atoms with Crippen LogP contribution in [0.15, 0.2) is 18.2 Å². The van der Waals surface area contributed by atoms with Crippen molar-refractivity contribution in [3.05, 3.63) is 35.4 Å². The van der Waals surface area contributed by atoms with Gasteiger partial charge in [0.25, 0.3) is 5.91 Å². The van der Waals surface area contributed by atoms with Crippen molar-refractivity contribution in [2.45, 2.75) is 82.3 Å². The average molecular weight is 639 g/mol. The monoisotopic (exact) mass is 638 g/mol. The van der Waals surface area contributed by atoms with Crippen molar-refractivity contribution < 1.29 is 37.5 Å². The molecule has 0 aromatic heterocycles. The van der Waals surface area contributed by atoms with Crippen LogP contribution in [-0.4, -0.2) is 83.7 Å². The van der Waals surface area contributed by atoms with Gasteiger partial charge in [0.05, 0.1) is 18.6 Å². The third kappa shape index (κ3) is 9.89. The summed E-state index contributed by atoms with van der Waals surface area (Å²) in [5, 5.41) is 16.0. The molecule has 1 aromatic rings. The fourth-order valence-corrected chi connectivity index (χ4v) is 6.62. The molecule has 6 N–H and O–H groups in total. The number of fused-ring (bicyclic) bond motifs is 1. The molecule has 44 heavy (non-hydrogen) atoms. The number of carbonyl (C=O) groups excluding carboxylic acids is 6. The van der Waals surface area contributed by atoms with Crippen molar-refractivity contribution in [3.8, 4) is 0 Å². The lowest BCUT2D eigenvalue weighted by Crippen LogP contribution is -2.57. The predicted molar refractivity (Wildman–Crippen MR) is 159 cm³/mol. The van der Waals surface area contributed by atoms with Gasteiger partial charge >= 0.3 is 6.03 Å². The Balaban J connectivity index is 1.48. The highest BCUT2D eigenvalue weighted by Gasteiger charge is 2.42. The fraction of sp³-hybridized carbons (Fsp3) is 0.586. The molecule has 0 spiro atoms. The molecule has 0 bridgehead atoms. The Hall–Kier alpha value is -3.75. The molecule has 1 unspecified atom stereocenters. The molecule has 6 amide bonds. The minimum absolute atomic E-state index is 0.101. The van der Waals surface area contributed by atoms with Gasteiger partial charge in [-0.05, 0) is 43.4 Å². The number of nitrogens with one attached hydrogen (secondary N) is 6. The van der Waals surface area contributed by atoms with E-state index >= 15 is 0 Å². The fourth-order valence-electron chi connectivity index (χ4n) is 5.08. The van der Waals surface area contributed by atoms with E-state index in [9.17, 15) is 37.5 Å². The van der Waals surface area contributed by atoms with Gasteiger partial charge in [-0.2, -0.15) is 11.8 Å². The average Bonchev–Trinajstić information content (AvgIpc) is 3.53. The van der Waals surface area contributed by atoms with E-state index in [1.54, 1.807) is 32.5 Å².